The van der Waals surface area contributed by atoms with Gasteiger partial charge in [-0.2, -0.15) is 13.2 Å². The average molecular weight is 226 g/mol. The highest BCUT2D eigenvalue weighted by Gasteiger charge is 2.37. The van der Waals surface area contributed by atoms with Gasteiger partial charge in [-0.25, -0.2) is 0 Å². The van der Waals surface area contributed by atoms with Crippen molar-refractivity contribution in [3.63, 3.8) is 0 Å². The summed E-state index contributed by atoms with van der Waals surface area (Å²) in [5, 5.41) is -0.993. The summed E-state index contributed by atoms with van der Waals surface area (Å²) in [6.07, 6.45) is -4.75. The molecule has 0 atom stereocenters. The second kappa shape index (κ2) is 3.38. The number of hydrogen-bond donors (Lipinski definition) is 2. The van der Waals surface area contributed by atoms with Crippen LogP contribution in [0.2, 0.25) is 0 Å². The number of halogens is 3. The zero-order valence-corrected chi connectivity index (χ0v) is 7.59. The van der Waals surface area contributed by atoms with Crippen molar-refractivity contribution in [2.75, 3.05) is 0 Å². The SMILES string of the molecule is O=P(O)(O)c1ccccc1C(F)(F)F. The monoisotopic (exact) mass is 226 g/mol. The van der Waals surface area contributed by atoms with Crippen LogP contribution in [0.25, 0.3) is 0 Å². The molecule has 0 bridgehead atoms. The maximum Gasteiger partial charge on any atom is 0.417 e. The Hall–Kier alpha value is -0.840. The Labute approximate surface area is 77.3 Å². The van der Waals surface area contributed by atoms with Crippen molar-refractivity contribution in [2.24, 2.45) is 0 Å². The van der Waals surface area contributed by atoms with Crippen molar-refractivity contribution in [3.8, 4) is 0 Å². The molecule has 0 fully saturated rings. The van der Waals surface area contributed by atoms with E-state index in [4.69, 9.17) is 9.79 Å². The van der Waals surface area contributed by atoms with Crippen molar-refractivity contribution in [3.05, 3.63) is 29.8 Å². The highest BCUT2D eigenvalue weighted by atomic mass is 31.2. The van der Waals surface area contributed by atoms with Crippen LogP contribution in [0, 0.1) is 0 Å². The molecule has 2 N–H and O–H groups in total. The minimum Gasteiger partial charge on any atom is -0.321 e. The molecule has 0 saturated carbocycles. The maximum absolute atomic E-state index is 12.2. The van der Waals surface area contributed by atoms with Crippen LogP contribution in [0.3, 0.4) is 0 Å². The Bertz CT molecular complexity index is 382. The lowest BCUT2D eigenvalue weighted by atomic mass is 10.2. The zero-order chi connectivity index (χ0) is 11.0. The van der Waals surface area contributed by atoms with Crippen LogP contribution in [0.15, 0.2) is 24.3 Å². The highest BCUT2D eigenvalue weighted by Crippen LogP contribution is 2.39. The second-order valence-electron chi connectivity index (χ2n) is 2.56. The fourth-order valence-corrected chi connectivity index (χ4v) is 1.76. The van der Waals surface area contributed by atoms with Crippen molar-refractivity contribution in [1.29, 1.82) is 0 Å². The van der Waals surface area contributed by atoms with Gasteiger partial charge in [0.1, 0.15) is 0 Å². The van der Waals surface area contributed by atoms with Gasteiger partial charge >= 0.3 is 13.8 Å². The molecule has 0 saturated heterocycles. The highest BCUT2D eigenvalue weighted by molar-refractivity contribution is 7.60. The summed E-state index contributed by atoms with van der Waals surface area (Å²) >= 11 is 0. The fraction of sp³-hybridized carbons (Fsp3) is 0.143. The van der Waals surface area contributed by atoms with Crippen LogP contribution in [0.4, 0.5) is 13.2 Å². The summed E-state index contributed by atoms with van der Waals surface area (Å²) < 4.78 is 47.4. The lowest BCUT2D eigenvalue weighted by molar-refractivity contribution is -0.136. The third kappa shape index (κ3) is 2.35. The zero-order valence-electron chi connectivity index (χ0n) is 6.69. The van der Waals surface area contributed by atoms with Crippen molar-refractivity contribution < 1.29 is 27.5 Å². The topological polar surface area (TPSA) is 57.5 Å². The molecule has 0 amide bonds. The Morgan fingerprint density at radius 1 is 1.14 bits per heavy atom. The van der Waals surface area contributed by atoms with E-state index in [1.807, 2.05) is 0 Å². The Kier molecular flexibility index (Phi) is 2.71. The second-order valence-corrected chi connectivity index (χ2v) is 4.13. The van der Waals surface area contributed by atoms with E-state index in [1.54, 1.807) is 0 Å². The summed E-state index contributed by atoms with van der Waals surface area (Å²) in [6, 6.07) is 3.61. The fourth-order valence-electron chi connectivity index (χ4n) is 0.967. The third-order valence-electron chi connectivity index (χ3n) is 1.52. The summed E-state index contributed by atoms with van der Waals surface area (Å²) in [4.78, 5) is 17.3. The number of benzene rings is 1. The van der Waals surface area contributed by atoms with E-state index < -0.39 is 24.6 Å². The number of hydrogen-bond acceptors (Lipinski definition) is 1. The molecular formula is C7H6F3O3P. The number of rotatable bonds is 1. The van der Waals surface area contributed by atoms with Gasteiger partial charge < -0.3 is 9.79 Å². The molecule has 0 aromatic heterocycles. The largest absolute Gasteiger partial charge is 0.417 e. The molecule has 0 unspecified atom stereocenters. The minimum absolute atomic E-state index is 0.633. The van der Waals surface area contributed by atoms with Crippen LogP contribution in [-0.4, -0.2) is 9.79 Å². The first kappa shape index (κ1) is 11.2. The predicted molar refractivity (Wildman–Crippen MR) is 43.1 cm³/mol. The van der Waals surface area contributed by atoms with E-state index in [1.165, 1.54) is 0 Å². The molecule has 0 aliphatic heterocycles. The summed E-state index contributed by atoms with van der Waals surface area (Å²) in [5.41, 5.74) is -1.30. The van der Waals surface area contributed by atoms with Crippen molar-refractivity contribution in [2.45, 2.75) is 6.18 Å². The van der Waals surface area contributed by atoms with E-state index in [-0.39, 0.29) is 0 Å². The van der Waals surface area contributed by atoms with Gasteiger partial charge in [0, 0.05) is 0 Å². The van der Waals surface area contributed by atoms with Crippen LogP contribution in [-0.2, 0) is 10.7 Å². The van der Waals surface area contributed by atoms with Crippen LogP contribution in [0.5, 0.6) is 0 Å². The molecule has 1 aromatic rings. The molecule has 0 spiro atoms. The Morgan fingerprint density at radius 3 is 2.00 bits per heavy atom. The lowest BCUT2D eigenvalue weighted by Crippen LogP contribution is -2.19. The van der Waals surface area contributed by atoms with Gasteiger partial charge in [-0.05, 0) is 12.1 Å². The van der Waals surface area contributed by atoms with Crippen LogP contribution >= 0.6 is 7.60 Å². The molecule has 1 rings (SSSR count). The van der Waals surface area contributed by atoms with Gasteiger partial charge in [-0.15, -0.1) is 0 Å². The first-order valence-corrected chi connectivity index (χ1v) is 5.06. The average Bonchev–Trinajstić information content (AvgIpc) is 2.01. The first-order valence-electron chi connectivity index (χ1n) is 3.45. The molecule has 7 heteroatoms. The predicted octanol–water partition coefficient (Wildman–Crippen LogP) is 1.51. The summed E-state index contributed by atoms with van der Waals surface area (Å²) in [7, 11) is -4.87. The maximum atomic E-state index is 12.2. The Balaban J connectivity index is 3.39. The van der Waals surface area contributed by atoms with E-state index >= 15 is 0 Å². The lowest BCUT2D eigenvalue weighted by Gasteiger charge is -2.12. The van der Waals surface area contributed by atoms with E-state index in [0.29, 0.717) is 6.07 Å². The molecule has 3 nitrogen and oxygen atoms in total. The Morgan fingerprint density at radius 2 is 1.64 bits per heavy atom. The molecule has 0 radical (unpaired) electrons. The van der Waals surface area contributed by atoms with Crippen molar-refractivity contribution in [1.82, 2.24) is 0 Å². The molecule has 1 aromatic carbocycles. The third-order valence-corrected chi connectivity index (χ3v) is 2.54. The molecule has 0 aliphatic rings. The molecule has 0 aliphatic carbocycles. The van der Waals surface area contributed by atoms with Gasteiger partial charge in [0.2, 0.25) is 0 Å². The normalized spacial score (nSPS) is 12.9. The van der Waals surface area contributed by atoms with E-state index in [9.17, 15) is 17.7 Å². The minimum atomic E-state index is -4.87. The molecule has 78 valence electrons. The molecular weight excluding hydrogens is 220 g/mol. The first-order chi connectivity index (χ1) is 6.23. The van der Waals surface area contributed by atoms with E-state index in [2.05, 4.69) is 0 Å². The summed E-state index contributed by atoms with van der Waals surface area (Å²) in [5.74, 6) is 0. The summed E-state index contributed by atoms with van der Waals surface area (Å²) in [6.45, 7) is 0. The van der Waals surface area contributed by atoms with Gasteiger partial charge in [0.15, 0.2) is 0 Å². The smallest absolute Gasteiger partial charge is 0.321 e. The van der Waals surface area contributed by atoms with Crippen LogP contribution < -0.4 is 5.30 Å². The van der Waals surface area contributed by atoms with Gasteiger partial charge in [-0.3, -0.25) is 4.57 Å². The molecule has 14 heavy (non-hydrogen) atoms. The molecule has 0 heterocycles. The number of alkyl halides is 3. The quantitative estimate of drug-likeness (QED) is 0.713. The van der Waals surface area contributed by atoms with E-state index in [0.717, 1.165) is 18.2 Å². The van der Waals surface area contributed by atoms with Crippen LogP contribution in [0.1, 0.15) is 5.56 Å². The standard InChI is InChI=1S/C7H6F3O3P/c8-7(9,10)5-3-1-2-4-6(5)14(11,12)13/h1-4H,(H2,11,12,13). The van der Waals surface area contributed by atoms with Gasteiger partial charge in [-0.1, -0.05) is 12.1 Å². The van der Waals surface area contributed by atoms with Gasteiger partial charge in [0.05, 0.1) is 10.9 Å². The van der Waals surface area contributed by atoms with Gasteiger partial charge in [0.25, 0.3) is 0 Å². The van der Waals surface area contributed by atoms with Crippen molar-refractivity contribution >= 4 is 12.9 Å².